The van der Waals surface area contributed by atoms with E-state index in [1.54, 1.807) is 64.9 Å². The van der Waals surface area contributed by atoms with Gasteiger partial charge >= 0.3 is 0 Å². The first-order valence-electron chi connectivity index (χ1n) is 20.1. The molecule has 8 rings (SSSR count). The first-order chi connectivity index (χ1) is 30.0. The van der Waals surface area contributed by atoms with Crippen molar-refractivity contribution in [2.75, 3.05) is 57.5 Å². The highest BCUT2D eigenvalue weighted by Gasteiger charge is 2.32. The van der Waals surface area contributed by atoms with Gasteiger partial charge in [0.1, 0.15) is 22.4 Å². The molecule has 3 aromatic carbocycles. The van der Waals surface area contributed by atoms with Crippen LogP contribution in [0, 0.1) is 0 Å². The van der Waals surface area contributed by atoms with Gasteiger partial charge in [0, 0.05) is 49.8 Å². The number of aryl methyl sites for hydroxylation is 2. The molecule has 17 nitrogen and oxygen atoms in total. The van der Waals surface area contributed by atoms with E-state index in [9.17, 15) is 9.59 Å². The van der Waals surface area contributed by atoms with E-state index in [0.717, 1.165) is 11.1 Å². The molecule has 0 aliphatic carbocycles. The molecule has 5 aromatic heterocycles. The van der Waals surface area contributed by atoms with Crippen molar-refractivity contribution in [1.29, 1.82) is 0 Å². The van der Waals surface area contributed by atoms with Crippen LogP contribution in [-0.4, -0.2) is 101 Å². The van der Waals surface area contributed by atoms with Gasteiger partial charge in [0.15, 0.2) is 11.5 Å². The summed E-state index contributed by atoms with van der Waals surface area (Å²) in [5.41, 5.74) is 4.33. The number of fused-ring (bicyclic) bond motifs is 3. The molecule has 5 heterocycles. The van der Waals surface area contributed by atoms with Gasteiger partial charge in [0.25, 0.3) is 17.0 Å². The van der Waals surface area contributed by atoms with Crippen LogP contribution in [0.1, 0.15) is 13.8 Å². The molecule has 63 heavy (non-hydrogen) atoms. The molecule has 0 atom stereocenters. The molecule has 0 saturated heterocycles. The largest absolute Gasteiger partial charge is 0.493 e. The number of hydrogen-bond acceptors (Lipinski definition) is 14. The average Bonchev–Trinajstić information content (AvgIpc) is 3.65. The zero-order valence-corrected chi connectivity index (χ0v) is 37.3. The van der Waals surface area contributed by atoms with Crippen molar-refractivity contribution in [3.05, 3.63) is 106 Å². The Morgan fingerprint density at radius 2 is 1.38 bits per heavy atom. The molecule has 326 valence electrons. The Balaban J connectivity index is 1.13. The molecular formula is C45H49N11O6S. The molecule has 0 fully saturated rings. The smallest absolute Gasteiger partial charge is 0.267 e. The van der Waals surface area contributed by atoms with Crippen LogP contribution in [0.15, 0.2) is 99.9 Å². The number of ether oxygens (including phenoxy) is 2. The van der Waals surface area contributed by atoms with E-state index >= 15 is 4.21 Å². The number of aromatic nitrogens is 8. The summed E-state index contributed by atoms with van der Waals surface area (Å²) in [6, 6.07) is 21.7. The molecular weight excluding hydrogens is 823 g/mol. The van der Waals surface area contributed by atoms with Gasteiger partial charge in [-0.15, -0.1) is 14.4 Å². The number of pyridine rings is 2. The molecule has 0 amide bonds. The van der Waals surface area contributed by atoms with Crippen molar-refractivity contribution >= 4 is 59.4 Å². The van der Waals surface area contributed by atoms with E-state index < -0.39 is 9.35 Å². The Labute approximate surface area is 362 Å². The summed E-state index contributed by atoms with van der Waals surface area (Å²) in [6.07, 6.45) is 4.61. The molecule has 3 N–H and O–H groups in total. The molecule has 0 saturated carbocycles. The zero-order chi connectivity index (χ0) is 44.8. The number of nitrogens with one attached hydrogen (secondary N) is 3. The summed E-state index contributed by atoms with van der Waals surface area (Å²) in [7, 11) is 6.13. The number of nitrogens with zero attached hydrogens (tertiary/aromatic N) is 8. The molecule has 0 aliphatic rings. The number of benzene rings is 3. The van der Waals surface area contributed by atoms with E-state index in [4.69, 9.17) is 23.6 Å². The van der Waals surface area contributed by atoms with Gasteiger partial charge in [-0.3, -0.25) is 14.7 Å². The van der Waals surface area contributed by atoms with E-state index in [0.29, 0.717) is 84.4 Å². The van der Waals surface area contributed by atoms with E-state index in [1.165, 1.54) is 21.8 Å². The highest BCUT2D eigenvalue weighted by Crippen LogP contribution is 2.40. The first-order valence-corrected chi connectivity index (χ1v) is 22.6. The molecule has 18 heteroatoms. The predicted molar refractivity (Wildman–Crippen MR) is 248 cm³/mol. The van der Waals surface area contributed by atoms with Crippen LogP contribution in [0.3, 0.4) is 0 Å². The van der Waals surface area contributed by atoms with Gasteiger partial charge in [-0.2, -0.15) is 4.21 Å². The van der Waals surface area contributed by atoms with Crippen molar-refractivity contribution in [1.82, 2.24) is 44.2 Å². The summed E-state index contributed by atoms with van der Waals surface area (Å²) in [5.74, 6) is 2.20. The van der Waals surface area contributed by atoms with Crippen molar-refractivity contribution in [2.45, 2.75) is 24.8 Å². The SMILES string of the molecule is COc1ccc(-c2cc3ncn(C)c(=O)c3c(Nc3ccc4c(OS(C)(=O)(CCN(C)C)c5ccc(-c6cc7ncn(C)c(=O)c7c(NC(C)C)n6)cc5)n[nH]c4c3)n2)cc1OC. The average molecular weight is 872 g/mol. The lowest BCUT2D eigenvalue weighted by Gasteiger charge is -2.44. The Bertz CT molecular complexity index is 3250. The van der Waals surface area contributed by atoms with E-state index in [2.05, 4.69) is 30.8 Å². The first kappa shape index (κ1) is 42.5. The van der Waals surface area contributed by atoms with Gasteiger partial charge in [-0.1, -0.05) is 12.1 Å². The lowest BCUT2D eigenvalue weighted by molar-refractivity contribution is 0.355. The number of methoxy groups -OCH3 is 2. The highest BCUT2D eigenvalue weighted by atomic mass is 32.3. The quantitative estimate of drug-likeness (QED) is 0.113. The summed E-state index contributed by atoms with van der Waals surface area (Å²) < 4.78 is 36.0. The third-order valence-corrected chi connectivity index (χ3v) is 13.9. The van der Waals surface area contributed by atoms with Gasteiger partial charge in [0.05, 0.1) is 70.8 Å². The van der Waals surface area contributed by atoms with Crippen molar-refractivity contribution in [3.8, 4) is 39.9 Å². The minimum atomic E-state index is -4.13. The second kappa shape index (κ2) is 16.3. The Morgan fingerprint density at radius 1 is 0.778 bits per heavy atom. The highest BCUT2D eigenvalue weighted by molar-refractivity contribution is 8.15. The maximum absolute atomic E-state index is 15.5. The van der Waals surface area contributed by atoms with E-state index in [1.807, 2.05) is 75.3 Å². The normalized spacial score (nSPS) is 12.5. The summed E-state index contributed by atoms with van der Waals surface area (Å²) in [6.45, 7) is 4.42. The molecule has 0 bridgehead atoms. The number of hydrogen-bond donors (Lipinski definition) is 3. The predicted octanol–water partition coefficient (Wildman–Crippen LogP) is 6.13. The summed E-state index contributed by atoms with van der Waals surface area (Å²) >= 11 is 0. The minimum absolute atomic E-state index is 0.0162. The third-order valence-electron chi connectivity index (χ3n) is 10.8. The lowest BCUT2D eigenvalue weighted by atomic mass is 10.1. The molecule has 0 spiro atoms. The topological polar surface area (TPSA) is 196 Å². The maximum Gasteiger partial charge on any atom is 0.267 e. The van der Waals surface area contributed by atoms with Crippen molar-refractivity contribution in [3.63, 3.8) is 0 Å². The molecule has 0 unspecified atom stereocenters. The molecule has 0 aliphatic heterocycles. The lowest BCUT2D eigenvalue weighted by Crippen LogP contribution is -2.44. The second-order valence-electron chi connectivity index (χ2n) is 16.2. The van der Waals surface area contributed by atoms with Gasteiger partial charge in [0.2, 0.25) is 0 Å². The van der Waals surface area contributed by atoms with Gasteiger partial charge in [-0.05, 0) is 88.6 Å². The van der Waals surface area contributed by atoms with Crippen LogP contribution >= 0.6 is 0 Å². The van der Waals surface area contributed by atoms with Crippen LogP contribution in [-0.2, 0) is 23.4 Å². The molecule has 0 radical (unpaired) electrons. The number of rotatable bonds is 14. The van der Waals surface area contributed by atoms with Crippen LogP contribution in [0.2, 0.25) is 0 Å². The van der Waals surface area contributed by atoms with Crippen molar-refractivity contribution < 1.29 is 17.9 Å². The van der Waals surface area contributed by atoms with Crippen LogP contribution in [0.5, 0.6) is 17.4 Å². The number of H-pyrrole nitrogens is 1. The van der Waals surface area contributed by atoms with Gasteiger partial charge in [-0.25, -0.2) is 19.9 Å². The van der Waals surface area contributed by atoms with Crippen molar-refractivity contribution in [2.24, 2.45) is 14.1 Å². The summed E-state index contributed by atoms with van der Waals surface area (Å²) in [4.78, 5) is 47.8. The molecule has 8 aromatic rings. The van der Waals surface area contributed by atoms with Crippen LogP contribution in [0.4, 0.5) is 17.3 Å². The minimum Gasteiger partial charge on any atom is -0.493 e. The number of anilines is 3. The second-order valence-corrected chi connectivity index (χ2v) is 20.1. The fourth-order valence-electron chi connectivity index (χ4n) is 7.25. The monoisotopic (exact) mass is 871 g/mol. The fourth-order valence-corrected chi connectivity index (χ4v) is 9.82. The Morgan fingerprint density at radius 3 is 2.00 bits per heavy atom. The van der Waals surface area contributed by atoms with Gasteiger partial charge < -0.3 is 38.3 Å². The fraction of sp³-hybridized carbons (Fsp3) is 0.267. The van der Waals surface area contributed by atoms with Crippen LogP contribution in [0.25, 0.3) is 55.2 Å². The Hall–Kier alpha value is -7.18. The summed E-state index contributed by atoms with van der Waals surface area (Å²) in [5, 5.41) is 15.5. The Kier molecular flexibility index (Phi) is 11.0. The zero-order valence-electron chi connectivity index (χ0n) is 36.5. The standard InChI is InChI=1S/C45H49N11O6S/c1-26(2)48-41-39-35(46-24-55(5)44(39)57)22-32(50-41)27-10-14-30(15-11-27)63(9,59,19-18-54(3)4)62-43-31-16-13-29(21-34(31)52-53-43)49-42-40-36(47-25-56(6)45(40)58)23-33(51-42)28-12-17-37(60-7)38(20-28)61-8/h10-17,20-26H,18-19H2,1-9H3,(H,48,50)(H,49,51)(H,52,53). The van der Waals surface area contributed by atoms with E-state index in [-0.39, 0.29) is 28.8 Å². The number of aromatic amines is 1. The maximum atomic E-state index is 15.5. The van der Waals surface area contributed by atoms with Crippen LogP contribution < -0.4 is 35.4 Å². The third kappa shape index (κ3) is 8.17.